The molecule has 0 atom stereocenters. The van der Waals surface area contributed by atoms with Crippen LogP contribution in [0.15, 0.2) is 12.3 Å². The molecular formula is C9H11IN2O2. The van der Waals surface area contributed by atoms with Gasteiger partial charge in [0, 0.05) is 6.20 Å². The highest BCUT2D eigenvalue weighted by Gasteiger charge is 2.19. The maximum atomic E-state index is 11.5. The van der Waals surface area contributed by atoms with Crippen molar-refractivity contribution in [1.29, 1.82) is 0 Å². The largest absolute Gasteiger partial charge is 0.454 e. The minimum absolute atomic E-state index is 0.104. The molecule has 0 spiro atoms. The van der Waals surface area contributed by atoms with E-state index < -0.39 is 11.6 Å². The van der Waals surface area contributed by atoms with E-state index >= 15 is 0 Å². The fraction of sp³-hybridized carbons (Fsp3) is 0.444. The Hall–Kier alpha value is -0.720. The first-order valence-corrected chi connectivity index (χ1v) is 5.18. The Bertz CT molecular complexity index is 347. The molecule has 0 aliphatic heterocycles. The average molecular weight is 306 g/mol. The quantitative estimate of drug-likeness (QED) is 0.452. The number of hydrogen-bond acceptors (Lipinski definition) is 4. The van der Waals surface area contributed by atoms with Gasteiger partial charge in [0.15, 0.2) is 0 Å². The molecule has 1 heterocycles. The number of hydrogen-bond donors (Lipinski definition) is 0. The predicted molar refractivity (Wildman–Crippen MR) is 59.9 cm³/mol. The Labute approximate surface area is 96.2 Å². The second-order valence-corrected chi connectivity index (χ2v) is 4.81. The van der Waals surface area contributed by atoms with Gasteiger partial charge in [-0.2, -0.15) is 0 Å². The van der Waals surface area contributed by atoms with Gasteiger partial charge in [-0.1, -0.05) is 0 Å². The van der Waals surface area contributed by atoms with Gasteiger partial charge in [0.05, 0.1) is 0 Å². The van der Waals surface area contributed by atoms with E-state index in [-0.39, 0.29) is 5.82 Å². The number of aromatic nitrogens is 2. The lowest BCUT2D eigenvalue weighted by Gasteiger charge is -2.18. The zero-order chi connectivity index (χ0) is 10.8. The fourth-order valence-corrected chi connectivity index (χ4v) is 1.15. The van der Waals surface area contributed by atoms with Crippen LogP contribution in [0.4, 0.5) is 0 Å². The van der Waals surface area contributed by atoms with E-state index in [1.54, 1.807) is 26.8 Å². The molecule has 1 rings (SSSR count). The van der Waals surface area contributed by atoms with Crippen LogP contribution in [-0.4, -0.2) is 21.5 Å². The Balaban J connectivity index is 2.80. The van der Waals surface area contributed by atoms with E-state index in [4.69, 9.17) is 4.74 Å². The molecule has 0 amide bonds. The topological polar surface area (TPSA) is 52.1 Å². The van der Waals surface area contributed by atoms with E-state index in [2.05, 4.69) is 9.97 Å². The van der Waals surface area contributed by atoms with Gasteiger partial charge in [-0.25, -0.2) is 14.8 Å². The van der Waals surface area contributed by atoms with Gasteiger partial charge in [0.25, 0.3) is 0 Å². The monoisotopic (exact) mass is 306 g/mol. The van der Waals surface area contributed by atoms with Crippen LogP contribution in [-0.2, 0) is 4.74 Å². The second kappa shape index (κ2) is 4.20. The Morgan fingerprint density at radius 2 is 2.14 bits per heavy atom. The predicted octanol–water partition coefficient (Wildman–Crippen LogP) is 2.04. The van der Waals surface area contributed by atoms with Crippen LogP contribution in [0, 0.1) is 3.70 Å². The van der Waals surface area contributed by atoms with Gasteiger partial charge >= 0.3 is 5.97 Å². The molecule has 0 aliphatic rings. The molecule has 0 saturated heterocycles. The van der Waals surface area contributed by atoms with Gasteiger partial charge < -0.3 is 4.74 Å². The molecule has 0 saturated carbocycles. The van der Waals surface area contributed by atoms with Crippen LogP contribution in [0.5, 0.6) is 0 Å². The number of carbonyl (C=O) groups excluding carboxylic acids is 1. The minimum atomic E-state index is -0.512. The third-order valence-corrected chi connectivity index (χ3v) is 1.80. The number of esters is 1. The van der Waals surface area contributed by atoms with E-state index in [1.165, 1.54) is 6.20 Å². The summed E-state index contributed by atoms with van der Waals surface area (Å²) >= 11 is 2.02. The molecule has 14 heavy (non-hydrogen) atoms. The molecule has 0 N–H and O–H groups in total. The molecule has 76 valence electrons. The molecule has 0 bridgehead atoms. The van der Waals surface area contributed by atoms with Crippen LogP contribution in [0.1, 0.15) is 31.4 Å². The van der Waals surface area contributed by atoms with E-state index in [0.29, 0.717) is 0 Å². The lowest BCUT2D eigenvalue weighted by molar-refractivity contribution is 0.00552. The number of ether oxygens (including phenoxy) is 1. The Morgan fingerprint density at radius 3 is 2.64 bits per heavy atom. The third kappa shape index (κ3) is 3.57. The summed E-state index contributed by atoms with van der Waals surface area (Å²) in [5.74, 6) is -0.386. The van der Waals surface area contributed by atoms with Crippen molar-refractivity contribution in [3.63, 3.8) is 0 Å². The summed E-state index contributed by atoms with van der Waals surface area (Å²) in [5, 5.41) is 0. The summed E-state index contributed by atoms with van der Waals surface area (Å²) in [7, 11) is 0. The van der Waals surface area contributed by atoms with Gasteiger partial charge in [-0.15, -0.1) is 0 Å². The number of halogens is 1. The molecule has 0 aliphatic carbocycles. The zero-order valence-corrected chi connectivity index (χ0v) is 10.4. The highest BCUT2D eigenvalue weighted by molar-refractivity contribution is 14.1. The summed E-state index contributed by atoms with van der Waals surface area (Å²) in [6, 6.07) is 1.72. The van der Waals surface area contributed by atoms with Crippen molar-refractivity contribution < 1.29 is 9.53 Å². The summed E-state index contributed by atoms with van der Waals surface area (Å²) < 4.78 is 5.83. The van der Waals surface area contributed by atoms with Crippen molar-refractivity contribution in [3.05, 3.63) is 21.8 Å². The van der Waals surface area contributed by atoms with Gasteiger partial charge in [-0.05, 0) is 49.4 Å². The van der Waals surface area contributed by atoms with Crippen LogP contribution in [0.2, 0.25) is 0 Å². The third-order valence-electron chi connectivity index (χ3n) is 1.20. The number of rotatable bonds is 1. The van der Waals surface area contributed by atoms with Crippen molar-refractivity contribution >= 4 is 28.6 Å². The van der Waals surface area contributed by atoms with E-state index in [1.807, 2.05) is 22.6 Å². The summed E-state index contributed by atoms with van der Waals surface area (Å²) in [6.07, 6.45) is 1.54. The second-order valence-electron chi connectivity index (χ2n) is 3.70. The summed E-state index contributed by atoms with van der Waals surface area (Å²) in [4.78, 5) is 19.3. The summed E-state index contributed by atoms with van der Waals surface area (Å²) in [6.45, 7) is 5.41. The lowest BCUT2D eigenvalue weighted by Crippen LogP contribution is -2.25. The highest BCUT2D eigenvalue weighted by atomic mass is 127. The van der Waals surface area contributed by atoms with E-state index in [9.17, 15) is 4.79 Å². The molecular weight excluding hydrogens is 295 g/mol. The van der Waals surface area contributed by atoms with Crippen molar-refractivity contribution in [3.8, 4) is 0 Å². The van der Waals surface area contributed by atoms with Crippen LogP contribution < -0.4 is 0 Å². The first kappa shape index (κ1) is 11.4. The van der Waals surface area contributed by atoms with Gasteiger partial charge in [0.2, 0.25) is 5.82 Å². The average Bonchev–Trinajstić information content (AvgIpc) is 2.01. The molecule has 5 heteroatoms. The first-order valence-electron chi connectivity index (χ1n) is 4.10. The normalized spacial score (nSPS) is 11.1. The highest BCUT2D eigenvalue weighted by Crippen LogP contribution is 2.10. The Morgan fingerprint density at radius 1 is 1.50 bits per heavy atom. The number of carbonyl (C=O) groups is 1. The van der Waals surface area contributed by atoms with E-state index in [0.717, 1.165) is 3.70 Å². The smallest absolute Gasteiger partial charge is 0.376 e. The summed E-state index contributed by atoms with van der Waals surface area (Å²) in [5.41, 5.74) is -0.512. The van der Waals surface area contributed by atoms with Gasteiger partial charge in [0.1, 0.15) is 9.30 Å². The maximum Gasteiger partial charge on any atom is 0.376 e. The molecule has 0 aromatic carbocycles. The molecule has 0 radical (unpaired) electrons. The molecule has 1 aromatic rings. The van der Waals surface area contributed by atoms with Crippen molar-refractivity contribution in [2.45, 2.75) is 26.4 Å². The standard InChI is InChI=1S/C9H11IN2O2/c1-9(2,3)14-8(13)7-11-5-4-6(10)12-7/h4-5H,1-3H3. The molecule has 0 fully saturated rings. The first-order chi connectivity index (χ1) is 6.38. The molecule has 0 unspecified atom stereocenters. The van der Waals surface area contributed by atoms with Crippen molar-refractivity contribution in [2.24, 2.45) is 0 Å². The van der Waals surface area contributed by atoms with Gasteiger partial charge in [-0.3, -0.25) is 0 Å². The SMILES string of the molecule is CC(C)(C)OC(=O)c1nccc(I)n1. The van der Waals surface area contributed by atoms with Crippen LogP contribution in [0.25, 0.3) is 0 Å². The zero-order valence-electron chi connectivity index (χ0n) is 8.24. The lowest BCUT2D eigenvalue weighted by atomic mass is 10.2. The maximum absolute atomic E-state index is 11.5. The van der Waals surface area contributed by atoms with Crippen molar-refractivity contribution in [1.82, 2.24) is 9.97 Å². The fourth-order valence-electron chi connectivity index (χ4n) is 0.759. The molecule has 4 nitrogen and oxygen atoms in total. The minimum Gasteiger partial charge on any atom is -0.454 e. The molecule has 1 aromatic heterocycles. The van der Waals surface area contributed by atoms with Crippen LogP contribution >= 0.6 is 22.6 Å². The van der Waals surface area contributed by atoms with Crippen molar-refractivity contribution in [2.75, 3.05) is 0 Å². The number of nitrogens with zero attached hydrogens (tertiary/aromatic N) is 2. The Kier molecular flexibility index (Phi) is 3.41. The van der Waals surface area contributed by atoms with Crippen LogP contribution in [0.3, 0.4) is 0 Å².